The summed E-state index contributed by atoms with van der Waals surface area (Å²) in [6.07, 6.45) is 0. The number of hydrogen-bond acceptors (Lipinski definition) is 3. The molecule has 0 saturated heterocycles. The van der Waals surface area contributed by atoms with Crippen LogP contribution in [0.2, 0.25) is 10.0 Å². The van der Waals surface area contributed by atoms with Crippen molar-refractivity contribution in [3.63, 3.8) is 0 Å². The van der Waals surface area contributed by atoms with Gasteiger partial charge in [-0.1, -0.05) is 29.3 Å². The molecule has 7 heteroatoms. The topological polar surface area (TPSA) is 37.8 Å². The molecular formula is C12H6Cl2N2OS2. The summed E-state index contributed by atoms with van der Waals surface area (Å²) in [7, 11) is 0. The van der Waals surface area contributed by atoms with Gasteiger partial charge in [0.2, 0.25) is 0 Å². The van der Waals surface area contributed by atoms with Gasteiger partial charge in [-0.05, 0) is 35.8 Å². The Morgan fingerprint density at radius 1 is 1.21 bits per heavy atom. The van der Waals surface area contributed by atoms with E-state index >= 15 is 0 Å². The molecule has 0 aliphatic carbocycles. The summed E-state index contributed by atoms with van der Waals surface area (Å²) in [5, 5.41) is 3.15. The minimum atomic E-state index is -0.227. The zero-order chi connectivity index (χ0) is 13.6. The molecule has 19 heavy (non-hydrogen) atoms. The van der Waals surface area contributed by atoms with E-state index in [0.29, 0.717) is 21.1 Å². The molecule has 2 heterocycles. The van der Waals surface area contributed by atoms with Crippen LogP contribution < -0.4 is 5.56 Å². The average molecular weight is 329 g/mol. The Balaban J connectivity index is 2.50. The van der Waals surface area contributed by atoms with E-state index in [1.807, 2.05) is 5.38 Å². The second kappa shape index (κ2) is 4.76. The van der Waals surface area contributed by atoms with Gasteiger partial charge in [-0.25, -0.2) is 4.57 Å². The van der Waals surface area contributed by atoms with Crippen LogP contribution in [0.3, 0.4) is 0 Å². The standard InChI is InChI=1S/C12H6Cl2N2OS2/c13-7-2-1-3-8(14)9(7)16-11(17)6-4-5-19-10(6)15-12(16)18/h1-5H,(H,15,18). The Morgan fingerprint density at radius 2 is 1.89 bits per heavy atom. The summed E-state index contributed by atoms with van der Waals surface area (Å²) in [5.41, 5.74) is 0.181. The van der Waals surface area contributed by atoms with Crippen LogP contribution in [0.25, 0.3) is 15.9 Å². The molecule has 1 N–H and O–H groups in total. The molecule has 0 unspecified atom stereocenters. The summed E-state index contributed by atoms with van der Waals surface area (Å²) < 4.78 is 1.60. The zero-order valence-electron chi connectivity index (χ0n) is 9.31. The maximum atomic E-state index is 12.5. The molecule has 0 amide bonds. The number of halogens is 2. The van der Waals surface area contributed by atoms with Crippen LogP contribution in [0.1, 0.15) is 0 Å². The number of aromatic nitrogens is 2. The van der Waals surface area contributed by atoms with Crippen LogP contribution in [-0.4, -0.2) is 9.55 Å². The van der Waals surface area contributed by atoms with Crippen molar-refractivity contribution in [1.82, 2.24) is 9.55 Å². The highest BCUT2D eigenvalue weighted by molar-refractivity contribution is 7.71. The van der Waals surface area contributed by atoms with E-state index in [1.165, 1.54) is 15.9 Å². The van der Waals surface area contributed by atoms with Crippen molar-refractivity contribution in [2.24, 2.45) is 0 Å². The van der Waals surface area contributed by atoms with Gasteiger partial charge >= 0.3 is 0 Å². The third-order valence-electron chi connectivity index (χ3n) is 2.68. The number of aromatic amines is 1. The fraction of sp³-hybridized carbons (Fsp3) is 0. The smallest absolute Gasteiger partial charge is 0.267 e. The number of H-pyrrole nitrogens is 1. The quantitative estimate of drug-likeness (QED) is 0.671. The van der Waals surface area contributed by atoms with Gasteiger partial charge in [0, 0.05) is 0 Å². The monoisotopic (exact) mass is 328 g/mol. The molecule has 0 radical (unpaired) electrons. The molecule has 96 valence electrons. The lowest BCUT2D eigenvalue weighted by Crippen LogP contribution is -2.20. The van der Waals surface area contributed by atoms with Gasteiger partial charge in [0.25, 0.3) is 5.56 Å². The molecule has 0 spiro atoms. The van der Waals surface area contributed by atoms with Crippen molar-refractivity contribution in [1.29, 1.82) is 0 Å². The summed E-state index contributed by atoms with van der Waals surface area (Å²) >= 11 is 18.9. The van der Waals surface area contributed by atoms with E-state index in [1.54, 1.807) is 24.3 Å². The minimum Gasteiger partial charge on any atom is -0.323 e. The number of rotatable bonds is 1. The van der Waals surface area contributed by atoms with E-state index in [2.05, 4.69) is 4.98 Å². The van der Waals surface area contributed by atoms with E-state index < -0.39 is 0 Å². The first-order valence-corrected chi connectivity index (χ1v) is 7.31. The number of para-hydroxylation sites is 1. The van der Waals surface area contributed by atoms with Gasteiger partial charge in [-0.3, -0.25) is 4.79 Å². The van der Waals surface area contributed by atoms with Gasteiger partial charge in [-0.2, -0.15) is 0 Å². The van der Waals surface area contributed by atoms with E-state index in [9.17, 15) is 4.79 Å². The third-order valence-corrected chi connectivity index (χ3v) is 4.41. The number of thiophene rings is 1. The van der Waals surface area contributed by atoms with Crippen molar-refractivity contribution in [3.8, 4) is 5.69 Å². The SMILES string of the molecule is O=c1c2ccsc2[nH]c(=S)n1-c1c(Cl)cccc1Cl. The number of nitrogens with one attached hydrogen (secondary N) is 1. The highest BCUT2D eigenvalue weighted by Crippen LogP contribution is 2.28. The Morgan fingerprint density at radius 3 is 2.58 bits per heavy atom. The van der Waals surface area contributed by atoms with Crippen LogP contribution in [0.5, 0.6) is 0 Å². The van der Waals surface area contributed by atoms with Gasteiger partial charge in [0.05, 0.1) is 21.1 Å². The summed E-state index contributed by atoms with van der Waals surface area (Å²) in [5.74, 6) is 0. The lowest BCUT2D eigenvalue weighted by atomic mass is 10.3. The second-order valence-corrected chi connectivity index (χ2v) is 5.92. The maximum Gasteiger partial charge on any atom is 0.267 e. The summed E-state index contributed by atoms with van der Waals surface area (Å²) in [6.45, 7) is 0. The largest absolute Gasteiger partial charge is 0.323 e. The van der Waals surface area contributed by atoms with Gasteiger partial charge in [0.15, 0.2) is 4.77 Å². The summed E-state index contributed by atoms with van der Waals surface area (Å²) in [6, 6.07) is 6.80. The molecule has 0 bridgehead atoms. The van der Waals surface area contributed by atoms with Crippen LogP contribution in [0.4, 0.5) is 0 Å². The fourth-order valence-electron chi connectivity index (χ4n) is 1.85. The average Bonchev–Trinajstić information content (AvgIpc) is 2.81. The van der Waals surface area contributed by atoms with Crippen LogP contribution in [-0.2, 0) is 0 Å². The Labute approximate surface area is 127 Å². The van der Waals surface area contributed by atoms with Gasteiger partial charge < -0.3 is 4.98 Å². The molecule has 3 rings (SSSR count). The first-order valence-electron chi connectivity index (χ1n) is 5.26. The van der Waals surface area contributed by atoms with E-state index in [-0.39, 0.29) is 10.3 Å². The molecule has 3 aromatic rings. The van der Waals surface area contributed by atoms with Gasteiger partial charge in [0.1, 0.15) is 4.83 Å². The Kier molecular flexibility index (Phi) is 3.22. The molecule has 1 aromatic carbocycles. The Bertz CT molecular complexity index is 874. The Hall–Kier alpha value is -1.14. The zero-order valence-corrected chi connectivity index (χ0v) is 12.5. The summed E-state index contributed by atoms with van der Waals surface area (Å²) in [4.78, 5) is 16.2. The van der Waals surface area contributed by atoms with Crippen LogP contribution in [0, 0.1) is 4.77 Å². The molecule has 3 nitrogen and oxygen atoms in total. The first-order chi connectivity index (χ1) is 9.09. The van der Waals surface area contributed by atoms with Crippen LogP contribution in [0.15, 0.2) is 34.4 Å². The van der Waals surface area contributed by atoms with Crippen molar-refractivity contribution in [2.45, 2.75) is 0 Å². The predicted octanol–water partition coefficient (Wildman–Crippen LogP) is 4.42. The number of fused-ring (bicyclic) bond motifs is 1. The minimum absolute atomic E-state index is 0.227. The van der Waals surface area contributed by atoms with Crippen molar-refractivity contribution >= 4 is 57.0 Å². The second-order valence-electron chi connectivity index (χ2n) is 3.80. The molecule has 2 aromatic heterocycles. The number of benzene rings is 1. The molecule has 0 aliphatic heterocycles. The fourth-order valence-corrected chi connectivity index (χ4v) is 3.53. The number of nitrogens with zero attached hydrogens (tertiary/aromatic N) is 1. The van der Waals surface area contributed by atoms with Crippen molar-refractivity contribution in [2.75, 3.05) is 0 Å². The third kappa shape index (κ3) is 2.03. The lowest BCUT2D eigenvalue weighted by molar-refractivity contribution is 0.944. The predicted molar refractivity (Wildman–Crippen MR) is 82.6 cm³/mol. The lowest BCUT2D eigenvalue weighted by Gasteiger charge is -2.10. The molecule has 0 aliphatic rings. The van der Waals surface area contributed by atoms with Crippen molar-refractivity contribution in [3.05, 3.63) is 54.8 Å². The number of hydrogen-bond donors (Lipinski definition) is 1. The van der Waals surface area contributed by atoms with E-state index in [4.69, 9.17) is 35.4 Å². The molecular weight excluding hydrogens is 323 g/mol. The maximum absolute atomic E-state index is 12.5. The molecule has 0 fully saturated rings. The van der Waals surface area contributed by atoms with Crippen LogP contribution >= 0.6 is 46.8 Å². The van der Waals surface area contributed by atoms with Gasteiger partial charge in [-0.15, -0.1) is 11.3 Å². The first kappa shape index (κ1) is 12.9. The highest BCUT2D eigenvalue weighted by Gasteiger charge is 2.13. The highest BCUT2D eigenvalue weighted by atomic mass is 35.5. The molecule has 0 saturated carbocycles. The normalized spacial score (nSPS) is 11.1. The van der Waals surface area contributed by atoms with E-state index in [0.717, 1.165) is 4.83 Å². The molecule has 0 atom stereocenters. The van der Waals surface area contributed by atoms with Crippen molar-refractivity contribution < 1.29 is 0 Å².